The van der Waals surface area contributed by atoms with Crippen LogP contribution in [0.15, 0.2) is 54.6 Å². The molecule has 0 spiro atoms. The van der Waals surface area contributed by atoms with Gasteiger partial charge < -0.3 is 5.11 Å². The molecule has 23 heavy (non-hydrogen) atoms. The molecule has 0 radical (unpaired) electrons. The number of halogens is 1. The minimum Gasteiger partial charge on any atom is -0.480 e. The molecule has 4 heteroatoms. The third-order valence-electron chi connectivity index (χ3n) is 4.15. The molecule has 0 aromatic heterocycles. The average molecular weight is 311 g/mol. The molecule has 3 nitrogen and oxygen atoms in total. The van der Waals surface area contributed by atoms with Crippen LogP contribution >= 0.6 is 0 Å². The van der Waals surface area contributed by atoms with E-state index >= 15 is 0 Å². The lowest BCUT2D eigenvalue weighted by atomic mass is 9.94. The van der Waals surface area contributed by atoms with Gasteiger partial charge >= 0.3 is 5.97 Å². The van der Waals surface area contributed by atoms with E-state index < -0.39 is 12.0 Å². The number of benzene rings is 2. The number of aliphatic carboxylic acids is 1. The molecule has 0 saturated carbocycles. The maximum atomic E-state index is 12.9. The van der Waals surface area contributed by atoms with Gasteiger partial charge in [0.25, 0.3) is 0 Å². The molecule has 1 atom stereocenters. The first kappa shape index (κ1) is 15.4. The van der Waals surface area contributed by atoms with Crippen LogP contribution in [0, 0.1) is 5.82 Å². The summed E-state index contributed by atoms with van der Waals surface area (Å²) >= 11 is 0. The van der Waals surface area contributed by atoms with E-state index in [0.717, 1.165) is 11.1 Å². The monoisotopic (exact) mass is 311 g/mol. The van der Waals surface area contributed by atoms with E-state index in [9.17, 15) is 14.3 Å². The Hall–Kier alpha value is -2.46. The summed E-state index contributed by atoms with van der Waals surface area (Å²) in [5, 5.41) is 9.47. The SMILES string of the molecule is O=C(O)C1Cc2ccccc2CN1C/C=C/c1ccc(F)cc1. The minimum atomic E-state index is -0.797. The van der Waals surface area contributed by atoms with Crippen molar-refractivity contribution in [2.75, 3.05) is 6.54 Å². The molecule has 0 fully saturated rings. The van der Waals surface area contributed by atoms with E-state index in [2.05, 4.69) is 0 Å². The summed E-state index contributed by atoms with van der Waals surface area (Å²) in [5.41, 5.74) is 3.19. The Bertz CT molecular complexity index is 724. The van der Waals surface area contributed by atoms with Gasteiger partial charge in [-0.3, -0.25) is 9.69 Å². The van der Waals surface area contributed by atoms with Crippen molar-refractivity contribution in [1.29, 1.82) is 0 Å². The summed E-state index contributed by atoms with van der Waals surface area (Å²) in [7, 11) is 0. The molecule has 2 aromatic rings. The summed E-state index contributed by atoms with van der Waals surface area (Å²) in [6.45, 7) is 1.17. The Labute approximate surface area is 134 Å². The molecule has 1 aliphatic rings. The van der Waals surface area contributed by atoms with Crippen molar-refractivity contribution in [2.24, 2.45) is 0 Å². The average Bonchev–Trinajstić information content (AvgIpc) is 2.56. The second-order valence-corrected chi connectivity index (χ2v) is 5.71. The third-order valence-corrected chi connectivity index (χ3v) is 4.15. The Balaban J connectivity index is 1.72. The lowest BCUT2D eigenvalue weighted by Crippen LogP contribution is -2.45. The predicted molar refractivity (Wildman–Crippen MR) is 87.4 cm³/mol. The van der Waals surface area contributed by atoms with E-state index in [0.29, 0.717) is 19.5 Å². The zero-order valence-electron chi connectivity index (χ0n) is 12.7. The van der Waals surface area contributed by atoms with Gasteiger partial charge in [-0.1, -0.05) is 48.6 Å². The highest BCUT2D eigenvalue weighted by molar-refractivity contribution is 5.74. The normalized spacial score (nSPS) is 18.0. The van der Waals surface area contributed by atoms with Crippen LogP contribution in [-0.4, -0.2) is 28.6 Å². The highest BCUT2D eigenvalue weighted by Gasteiger charge is 2.30. The fourth-order valence-electron chi connectivity index (χ4n) is 2.91. The van der Waals surface area contributed by atoms with Crippen molar-refractivity contribution < 1.29 is 14.3 Å². The zero-order valence-corrected chi connectivity index (χ0v) is 12.7. The van der Waals surface area contributed by atoms with Gasteiger partial charge in [-0.2, -0.15) is 0 Å². The van der Waals surface area contributed by atoms with Crippen LogP contribution in [-0.2, 0) is 17.8 Å². The van der Waals surface area contributed by atoms with Crippen molar-refractivity contribution in [1.82, 2.24) is 4.90 Å². The lowest BCUT2D eigenvalue weighted by Gasteiger charge is -2.33. The van der Waals surface area contributed by atoms with Crippen LogP contribution in [0.25, 0.3) is 6.08 Å². The van der Waals surface area contributed by atoms with Crippen molar-refractivity contribution in [3.8, 4) is 0 Å². The molecule has 1 unspecified atom stereocenters. The Morgan fingerprint density at radius 3 is 2.57 bits per heavy atom. The van der Waals surface area contributed by atoms with Crippen LogP contribution in [0.4, 0.5) is 4.39 Å². The van der Waals surface area contributed by atoms with Gasteiger partial charge in [-0.15, -0.1) is 0 Å². The Morgan fingerprint density at radius 2 is 1.87 bits per heavy atom. The molecule has 1 heterocycles. The molecule has 0 saturated heterocycles. The Morgan fingerprint density at radius 1 is 1.17 bits per heavy atom. The van der Waals surface area contributed by atoms with Gasteiger partial charge in [0.2, 0.25) is 0 Å². The van der Waals surface area contributed by atoms with Gasteiger partial charge in [0.15, 0.2) is 0 Å². The first-order valence-corrected chi connectivity index (χ1v) is 7.59. The second kappa shape index (κ2) is 6.75. The van der Waals surface area contributed by atoms with Crippen LogP contribution in [0.5, 0.6) is 0 Å². The number of carboxylic acids is 1. The summed E-state index contributed by atoms with van der Waals surface area (Å²) in [4.78, 5) is 13.5. The fourth-order valence-corrected chi connectivity index (χ4v) is 2.91. The number of carboxylic acid groups (broad SMARTS) is 1. The summed E-state index contributed by atoms with van der Waals surface area (Å²) < 4.78 is 12.9. The van der Waals surface area contributed by atoms with Gasteiger partial charge in [0, 0.05) is 13.1 Å². The second-order valence-electron chi connectivity index (χ2n) is 5.71. The van der Waals surface area contributed by atoms with Crippen LogP contribution in [0.2, 0.25) is 0 Å². The maximum absolute atomic E-state index is 12.9. The maximum Gasteiger partial charge on any atom is 0.321 e. The van der Waals surface area contributed by atoms with Crippen molar-refractivity contribution in [2.45, 2.75) is 19.0 Å². The molecular weight excluding hydrogens is 293 g/mol. The molecule has 118 valence electrons. The van der Waals surface area contributed by atoms with Crippen molar-refractivity contribution in [3.05, 3.63) is 77.1 Å². The summed E-state index contributed by atoms with van der Waals surface area (Å²) in [5.74, 6) is -1.06. The zero-order chi connectivity index (χ0) is 16.2. The molecule has 0 aliphatic carbocycles. The molecule has 0 bridgehead atoms. The topological polar surface area (TPSA) is 40.5 Å². The van der Waals surface area contributed by atoms with E-state index in [1.165, 1.54) is 17.7 Å². The van der Waals surface area contributed by atoms with E-state index in [-0.39, 0.29) is 5.82 Å². The van der Waals surface area contributed by atoms with E-state index in [1.807, 2.05) is 41.3 Å². The molecule has 1 aliphatic heterocycles. The molecule has 1 N–H and O–H groups in total. The van der Waals surface area contributed by atoms with Gasteiger partial charge in [-0.05, 0) is 35.2 Å². The van der Waals surface area contributed by atoms with Crippen LogP contribution in [0.1, 0.15) is 16.7 Å². The highest BCUT2D eigenvalue weighted by Crippen LogP contribution is 2.23. The van der Waals surface area contributed by atoms with Crippen LogP contribution < -0.4 is 0 Å². The number of fused-ring (bicyclic) bond motifs is 1. The van der Waals surface area contributed by atoms with Gasteiger partial charge in [-0.25, -0.2) is 4.39 Å². The predicted octanol–water partition coefficient (Wildman–Crippen LogP) is 3.35. The minimum absolute atomic E-state index is 0.263. The molecule has 3 rings (SSSR count). The van der Waals surface area contributed by atoms with Crippen molar-refractivity contribution >= 4 is 12.0 Å². The standard InChI is InChI=1S/C19H18FNO2/c20-17-9-7-14(8-10-17)4-3-11-21-13-16-6-2-1-5-15(16)12-18(21)19(22)23/h1-10,18H,11-13H2,(H,22,23)/b4-3+. The largest absolute Gasteiger partial charge is 0.480 e. The number of hydrogen-bond acceptors (Lipinski definition) is 2. The first-order chi connectivity index (χ1) is 11.1. The highest BCUT2D eigenvalue weighted by atomic mass is 19.1. The van der Waals surface area contributed by atoms with E-state index in [4.69, 9.17) is 0 Å². The van der Waals surface area contributed by atoms with Crippen LogP contribution in [0.3, 0.4) is 0 Å². The first-order valence-electron chi connectivity index (χ1n) is 7.59. The molecule has 2 aromatic carbocycles. The van der Waals surface area contributed by atoms with Gasteiger partial charge in [0.05, 0.1) is 0 Å². The number of nitrogens with zero attached hydrogens (tertiary/aromatic N) is 1. The number of rotatable bonds is 4. The molecular formula is C19H18FNO2. The third kappa shape index (κ3) is 3.66. The fraction of sp³-hybridized carbons (Fsp3) is 0.211. The molecule has 0 amide bonds. The lowest BCUT2D eigenvalue weighted by molar-refractivity contribution is -0.143. The summed E-state index contributed by atoms with van der Waals surface area (Å²) in [6.07, 6.45) is 4.34. The quantitative estimate of drug-likeness (QED) is 0.941. The smallest absolute Gasteiger partial charge is 0.321 e. The number of carbonyl (C=O) groups is 1. The summed E-state index contributed by atoms with van der Waals surface area (Å²) in [6, 6.07) is 13.7. The Kier molecular flexibility index (Phi) is 4.53. The van der Waals surface area contributed by atoms with E-state index in [1.54, 1.807) is 12.1 Å². The van der Waals surface area contributed by atoms with Crippen molar-refractivity contribution in [3.63, 3.8) is 0 Å². The van der Waals surface area contributed by atoms with Gasteiger partial charge in [0.1, 0.15) is 11.9 Å². The number of hydrogen-bond donors (Lipinski definition) is 1.